The fourth-order valence-corrected chi connectivity index (χ4v) is 5.46. The number of nitrogens with zero attached hydrogens (tertiary/aromatic N) is 2. The van der Waals surface area contributed by atoms with Gasteiger partial charge in [-0.25, -0.2) is 13.8 Å². The van der Waals surface area contributed by atoms with Crippen LogP contribution in [0.15, 0.2) is 88.9 Å². The number of hydrazone groups is 1. The molecule has 0 saturated carbocycles. The summed E-state index contributed by atoms with van der Waals surface area (Å²) in [6, 6.07) is 21.0. The maximum Gasteiger partial charge on any atom is 0.264 e. The number of ether oxygens (including phenoxy) is 3. The van der Waals surface area contributed by atoms with E-state index in [1.165, 1.54) is 31.5 Å². The van der Waals surface area contributed by atoms with E-state index in [1.54, 1.807) is 60.7 Å². The van der Waals surface area contributed by atoms with E-state index in [9.17, 15) is 18.0 Å². The Balaban J connectivity index is 1.33. The first-order valence-electron chi connectivity index (χ1n) is 13.0. The zero-order valence-corrected chi connectivity index (χ0v) is 23.4. The van der Waals surface area contributed by atoms with Crippen molar-refractivity contribution in [3.05, 3.63) is 84.4 Å². The number of hydrogen-bond donors (Lipinski definition) is 2. The van der Waals surface area contributed by atoms with Gasteiger partial charge in [0.1, 0.15) is 18.0 Å². The lowest BCUT2D eigenvalue weighted by Gasteiger charge is -2.24. The summed E-state index contributed by atoms with van der Waals surface area (Å²) in [4.78, 5) is 24.8. The average molecular weight is 581 g/mol. The van der Waals surface area contributed by atoms with E-state index in [0.717, 1.165) is 23.8 Å². The number of amides is 2. The van der Waals surface area contributed by atoms with E-state index in [0.29, 0.717) is 23.6 Å². The van der Waals surface area contributed by atoms with E-state index >= 15 is 0 Å². The molecule has 0 aromatic heterocycles. The zero-order chi connectivity index (χ0) is 29.1. The highest BCUT2D eigenvalue weighted by molar-refractivity contribution is 7.92. The first kappa shape index (κ1) is 29.6. The summed E-state index contributed by atoms with van der Waals surface area (Å²) in [6.45, 7) is 0.572. The number of rotatable bonds is 13. The normalized spacial score (nSPS) is 14.9. The zero-order valence-electron chi connectivity index (χ0n) is 22.6. The topological polar surface area (TPSA) is 136 Å². The number of methoxy groups -OCH3 is 1. The molecule has 1 atom stereocenters. The molecule has 0 radical (unpaired) electrons. The number of anilines is 1. The molecule has 2 amide bonds. The minimum atomic E-state index is -4.06. The third-order valence-electron chi connectivity index (χ3n) is 6.16. The summed E-state index contributed by atoms with van der Waals surface area (Å²) in [5.74, 6) is 0.0723. The van der Waals surface area contributed by atoms with Crippen LogP contribution in [0.2, 0.25) is 0 Å². The van der Waals surface area contributed by atoms with Crippen molar-refractivity contribution in [2.24, 2.45) is 5.10 Å². The fraction of sp³-hybridized carbons (Fsp3) is 0.276. The van der Waals surface area contributed by atoms with Crippen molar-refractivity contribution in [3.8, 4) is 11.5 Å². The molecule has 12 heteroatoms. The monoisotopic (exact) mass is 580 g/mol. The van der Waals surface area contributed by atoms with Gasteiger partial charge < -0.3 is 19.5 Å². The Morgan fingerprint density at radius 1 is 1.02 bits per heavy atom. The largest absolute Gasteiger partial charge is 0.497 e. The summed E-state index contributed by atoms with van der Waals surface area (Å²) in [7, 11) is -2.59. The van der Waals surface area contributed by atoms with Crippen LogP contribution in [0.3, 0.4) is 0 Å². The van der Waals surface area contributed by atoms with Gasteiger partial charge in [0.05, 0.1) is 30.0 Å². The summed E-state index contributed by atoms with van der Waals surface area (Å²) in [6.07, 6.45) is 3.43. The molecule has 3 aromatic carbocycles. The maximum atomic E-state index is 13.4. The number of sulfonamides is 1. The molecule has 216 valence electrons. The molecule has 1 saturated heterocycles. The maximum absolute atomic E-state index is 13.4. The highest BCUT2D eigenvalue weighted by Gasteiger charge is 2.27. The second-order valence-corrected chi connectivity index (χ2v) is 11.0. The summed E-state index contributed by atoms with van der Waals surface area (Å²) in [5.41, 5.74) is 3.30. The molecule has 41 heavy (non-hydrogen) atoms. The van der Waals surface area contributed by atoms with Crippen LogP contribution < -0.4 is 24.5 Å². The smallest absolute Gasteiger partial charge is 0.264 e. The van der Waals surface area contributed by atoms with Crippen LogP contribution in [-0.4, -0.2) is 66.0 Å². The number of carbonyl (C=O) groups is 2. The number of carbonyl (C=O) groups excluding carboxylic acids is 2. The minimum absolute atomic E-state index is 0.0433. The van der Waals surface area contributed by atoms with Gasteiger partial charge in [-0.2, -0.15) is 5.10 Å². The van der Waals surface area contributed by atoms with Crippen LogP contribution in [0.4, 0.5) is 5.69 Å². The first-order chi connectivity index (χ1) is 19.8. The predicted octanol–water partition coefficient (Wildman–Crippen LogP) is 2.71. The van der Waals surface area contributed by atoms with E-state index < -0.39 is 22.5 Å². The van der Waals surface area contributed by atoms with Gasteiger partial charge in [0.25, 0.3) is 21.8 Å². The molecule has 1 aliphatic heterocycles. The van der Waals surface area contributed by atoms with Crippen LogP contribution >= 0.6 is 0 Å². The first-order valence-corrected chi connectivity index (χ1v) is 14.4. The van der Waals surface area contributed by atoms with Gasteiger partial charge in [-0.1, -0.05) is 24.3 Å². The van der Waals surface area contributed by atoms with Gasteiger partial charge in [-0.15, -0.1) is 0 Å². The van der Waals surface area contributed by atoms with E-state index in [1.807, 2.05) is 0 Å². The predicted molar refractivity (Wildman–Crippen MR) is 154 cm³/mol. The third-order valence-corrected chi connectivity index (χ3v) is 7.95. The molecule has 1 aliphatic rings. The lowest BCUT2D eigenvalue weighted by atomic mass is 10.2. The van der Waals surface area contributed by atoms with E-state index in [2.05, 4.69) is 15.8 Å². The van der Waals surface area contributed by atoms with Crippen LogP contribution in [-0.2, 0) is 24.3 Å². The summed E-state index contributed by atoms with van der Waals surface area (Å²) in [5, 5.41) is 6.75. The van der Waals surface area contributed by atoms with Gasteiger partial charge in [0, 0.05) is 19.2 Å². The molecular weight excluding hydrogens is 548 g/mol. The van der Waals surface area contributed by atoms with Crippen molar-refractivity contribution in [3.63, 3.8) is 0 Å². The Kier molecular flexibility index (Phi) is 10.3. The second kappa shape index (κ2) is 14.3. The number of hydrogen-bond acceptors (Lipinski definition) is 8. The molecule has 1 heterocycles. The minimum Gasteiger partial charge on any atom is -0.497 e. The van der Waals surface area contributed by atoms with Crippen molar-refractivity contribution in [1.82, 2.24) is 10.7 Å². The van der Waals surface area contributed by atoms with Crippen LogP contribution in [0.1, 0.15) is 18.4 Å². The Morgan fingerprint density at radius 3 is 2.51 bits per heavy atom. The van der Waals surface area contributed by atoms with Gasteiger partial charge in [0.15, 0.2) is 6.61 Å². The Bertz CT molecular complexity index is 1440. The fourth-order valence-electron chi connectivity index (χ4n) is 4.03. The van der Waals surface area contributed by atoms with Gasteiger partial charge in [-0.05, 0) is 66.9 Å². The quantitative estimate of drug-likeness (QED) is 0.234. The van der Waals surface area contributed by atoms with Crippen molar-refractivity contribution >= 4 is 33.7 Å². The molecule has 4 rings (SSSR count). The Labute approximate surface area is 239 Å². The lowest BCUT2D eigenvalue weighted by Crippen LogP contribution is -2.39. The highest BCUT2D eigenvalue weighted by Crippen LogP contribution is 2.26. The van der Waals surface area contributed by atoms with Crippen molar-refractivity contribution in [1.29, 1.82) is 0 Å². The van der Waals surface area contributed by atoms with Crippen LogP contribution in [0.5, 0.6) is 11.5 Å². The SMILES string of the molecule is COc1cccc(N(CC(=O)N/N=C\c2ccc(OCC(=O)NC[C@@H]3CCCO3)cc2)S(=O)(=O)c2ccccc2)c1. The molecule has 0 spiro atoms. The standard InChI is InChI=1S/C29H32N4O7S/c1-38-25-8-5-7-23(17-25)33(41(36,37)27-10-3-2-4-11-27)20-28(34)32-31-18-22-12-14-24(15-13-22)40-21-29(35)30-19-26-9-6-16-39-26/h2-5,7-8,10-15,17-18,26H,6,9,16,19-21H2,1H3,(H,30,35)(H,32,34)/b31-18-/t26-/m0/s1. The molecule has 0 bridgehead atoms. The molecule has 0 unspecified atom stereocenters. The molecule has 11 nitrogen and oxygen atoms in total. The van der Waals surface area contributed by atoms with Crippen molar-refractivity contribution < 1.29 is 32.2 Å². The molecular formula is C29H32N4O7S. The Morgan fingerprint density at radius 2 is 1.80 bits per heavy atom. The van der Waals surface area contributed by atoms with Gasteiger partial charge >= 0.3 is 0 Å². The highest BCUT2D eigenvalue weighted by atomic mass is 32.2. The van der Waals surface area contributed by atoms with Crippen molar-refractivity contribution in [2.45, 2.75) is 23.8 Å². The van der Waals surface area contributed by atoms with E-state index in [-0.39, 0.29) is 29.2 Å². The molecule has 0 aliphatic carbocycles. The van der Waals surface area contributed by atoms with Gasteiger partial charge in [0.2, 0.25) is 0 Å². The lowest BCUT2D eigenvalue weighted by molar-refractivity contribution is -0.123. The number of benzene rings is 3. The van der Waals surface area contributed by atoms with Crippen molar-refractivity contribution in [2.75, 3.05) is 37.7 Å². The van der Waals surface area contributed by atoms with Gasteiger partial charge in [-0.3, -0.25) is 13.9 Å². The molecule has 3 aromatic rings. The molecule has 1 fully saturated rings. The average Bonchev–Trinajstić information content (AvgIpc) is 3.53. The Hall–Kier alpha value is -4.42. The molecule has 2 N–H and O–H groups in total. The second-order valence-electron chi connectivity index (χ2n) is 9.12. The van der Waals surface area contributed by atoms with Crippen LogP contribution in [0, 0.1) is 0 Å². The number of nitrogens with one attached hydrogen (secondary N) is 2. The summed E-state index contributed by atoms with van der Waals surface area (Å²) >= 11 is 0. The van der Waals surface area contributed by atoms with Crippen LogP contribution in [0.25, 0.3) is 0 Å². The third kappa shape index (κ3) is 8.53. The van der Waals surface area contributed by atoms with E-state index in [4.69, 9.17) is 14.2 Å². The summed E-state index contributed by atoms with van der Waals surface area (Å²) < 4.78 is 44.0.